The number of nitrogens with two attached hydrogens (primary N) is 1. The molecule has 5 nitrogen and oxygen atoms in total. The van der Waals surface area contributed by atoms with Gasteiger partial charge in [-0.2, -0.15) is 0 Å². The van der Waals surface area contributed by atoms with Crippen molar-refractivity contribution in [2.45, 2.75) is 19.1 Å². The fourth-order valence-corrected chi connectivity index (χ4v) is 2.56. The lowest BCUT2D eigenvalue weighted by Crippen LogP contribution is -2.37. The van der Waals surface area contributed by atoms with Gasteiger partial charge in [-0.3, -0.25) is 9.59 Å². The molecule has 126 valence electrons. The molecule has 0 aliphatic heterocycles. The van der Waals surface area contributed by atoms with Crippen molar-refractivity contribution in [2.24, 2.45) is 5.73 Å². The number of methoxy groups -OCH3 is 1. The standard InChI is InChI=1S/C18H19ClN2O3/c1-11(16(24-2)12-7-9-15(19)10-8-12)21-18(23)14-5-3-13(4-6-14)17(20)22/h3-11,16H,1-2H3,(H2,20,22)(H,21,23)/t11-,16+/m1/s1. The van der Waals surface area contributed by atoms with E-state index < -0.39 is 5.91 Å². The fraction of sp³-hybridized carbons (Fsp3) is 0.222. The van der Waals surface area contributed by atoms with Gasteiger partial charge in [-0.15, -0.1) is 0 Å². The van der Waals surface area contributed by atoms with E-state index in [0.717, 1.165) is 5.56 Å². The van der Waals surface area contributed by atoms with E-state index in [1.54, 1.807) is 31.4 Å². The second-order valence-corrected chi connectivity index (χ2v) is 5.85. The monoisotopic (exact) mass is 346 g/mol. The zero-order valence-electron chi connectivity index (χ0n) is 13.5. The summed E-state index contributed by atoms with van der Waals surface area (Å²) < 4.78 is 5.51. The first-order valence-electron chi connectivity index (χ1n) is 7.41. The van der Waals surface area contributed by atoms with Gasteiger partial charge in [0, 0.05) is 23.3 Å². The largest absolute Gasteiger partial charge is 0.375 e. The Bertz CT molecular complexity index is 714. The minimum atomic E-state index is -0.530. The van der Waals surface area contributed by atoms with Gasteiger partial charge in [0.25, 0.3) is 5.91 Å². The maximum Gasteiger partial charge on any atom is 0.251 e. The molecule has 6 heteroatoms. The van der Waals surface area contributed by atoms with Crippen LogP contribution in [0.3, 0.4) is 0 Å². The molecular formula is C18H19ClN2O3. The summed E-state index contributed by atoms with van der Waals surface area (Å²) in [5.41, 5.74) is 6.90. The Morgan fingerprint density at radius 2 is 1.58 bits per heavy atom. The number of primary amides is 1. The van der Waals surface area contributed by atoms with Gasteiger partial charge in [0.2, 0.25) is 5.91 Å². The molecule has 2 atom stereocenters. The van der Waals surface area contributed by atoms with Crippen molar-refractivity contribution >= 4 is 23.4 Å². The lowest BCUT2D eigenvalue weighted by molar-refractivity contribution is 0.0645. The first-order chi connectivity index (χ1) is 11.4. The molecule has 2 rings (SSSR count). The maximum atomic E-state index is 12.3. The minimum Gasteiger partial charge on any atom is -0.375 e. The fourth-order valence-electron chi connectivity index (χ4n) is 2.43. The molecule has 0 saturated carbocycles. The molecule has 24 heavy (non-hydrogen) atoms. The number of hydrogen-bond donors (Lipinski definition) is 2. The van der Waals surface area contributed by atoms with Crippen molar-refractivity contribution in [1.82, 2.24) is 5.32 Å². The molecule has 3 N–H and O–H groups in total. The highest BCUT2D eigenvalue weighted by molar-refractivity contribution is 6.30. The topological polar surface area (TPSA) is 81.4 Å². The molecule has 0 bridgehead atoms. The Hall–Kier alpha value is -2.37. The van der Waals surface area contributed by atoms with Crippen molar-refractivity contribution < 1.29 is 14.3 Å². The molecule has 0 aliphatic carbocycles. The summed E-state index contributed by atoms with van der Waals surface area (Å²) in [6.45, 7) is 1.86. The zero-order valence-corrected chi connectivity index (χ0v) is 14.2. The van der Waals surface area contributed by atoms with E-state index in [1.165, 1.54) is 12.1 Å². The van der Waals surface area contributed by atoms with Gasteiger partial charge >= 0.3 is 0 Å². The summed E-state index contributed by atoms with van der Waals surface area (Å²) in [6.07, 6.45) is -0.309. The van der Waals surface area contributed by atoms with Crippen LogP contribution in [0.25, 0.3) is 0 Å². The Morgan fingerprint density at radius 1 is 1.04 bits per heavy atom. The molecule has 0 fully saturated rings. The van der Waals surface area contributed by atoms with Crippen LogP contribution in [0.5, 0.6) is 0 Å². The highest BCUT2D eigenvalue weighted by Crippen LogP contribution is 2.22. The Labute approximate surface area is 145 Å². The molecule has 0 radical (unpaired) electrons. The Morgan fingerprint density at radius 3 is 2.08 bits per heavy atom. The van der Waals surface area contributed by atoms with E-state index in [-0.39, 0.29) is 18.1 Å². The summed E-state index contributed by atoms with van der Waals surface area (Å²) in [7, 11) is 1.59. The van der Waals surface area contributed by atoms with Crippen LogP contribution in [-0.2, 0) is 4.74 Å². The normalized spacial score (nSPS) is 13.1. The van der Waals surface area contributed by atoms with Crippen molar-refractivity contribution in [3.8, 4) is 0 Å². The summed E-state index contributed by atoms with van der Waals surface area (Å²) in [6, 6.07) is 13.2. The van der Waals surface area contributed by atoms with Gasteiger partial charge in [0.15, 0.2) is 0 Å². The summed E-state index contributed by atoms with van der Waals surface area (Å²) in [4.78, 5) is 23.4. The molecule has 0 heterocycles. The highest BCUT2D eigenvalue weighted by Gasteiger charge is 2.21. The molecule has 0 aromatic heterocycles. The highest BCUT2D eigenvalue weighted by atomic mass is 35.5. The first-order valence-corrected chi connectivity index (χ1v) is 7.79. The van der Waals surface area contributed by atoms with Crippen molar-refractivity contribution in [1.29, 1.82) is 0 Å². The predicted molar refractivity (Wildman–Crippen MR) is 93.1 cm³/mol. The van der Waals surface area contributed by atoms with Crippen LogP contribution in [0, 0.1) is 0 Å². The smallest absolute Gasteiger partial charge is 0.251 e. The van der Waals surface area contributed by atoms with E-state index in [1.807, 2.05) is 19.1 Å². The third-order valence-corrected chi connectivity index (χ3v) is 3.95. The van der Waals surface area contributed by atoms with Gasteiger partial charge in [-0.25, -0.2) is 0 Å². The Balaban J connectivity index is 2.08. The van der Waals surface area contributed by atoms with Crippen molar-refractivity contribution in [2.75, 3.05) is 7.11 Å². The molecule has 0 unspecified atom stereocenters. The molecule has 0 spiro atoms. The van der Waals surface area contributed by atoms with Crippen molar-refractivity contribution in [3.05, 3.63) is 70.2 Å². The molecule has 0 saturated heterocycles. The predicted octanol–water partition coefficient (Wildman–Crippen LogP) is 2.94. The number of hydrogen-bond acceptors (Lipinski definition) is 3. The number of amides is 2. The van der Waals surface area contributed by atoms with Crippen LogP contribution in [0.15, 0.2) is 48.5 Å². The second-order valence-electron chi connectivity index (χ2n) is 5.41. The van der Waals surface area contributed by atoms with Crippen LogP contribution in [0.1, 0.15) is 39.3 Å². The lowest BCUT2D eigenvalue weighted by Gasteiger charge is -2.24. The van der Waals surface area contributed by atoms with Gasteiger partial charge in [0.05, 0.1) is 6.04 Å². The van der Waals surface area contributed by atoms with Gasteiger partial charge in [-0.1, -0.05) is 23.7 Å². The van der Waals surface area contributed by atoms with Crippen LogP contribution >= 0.6 is 11.6 Å². The zero-order chi connectivity index (χ0) is 17.7. The second kappa shape index (κ2) is 7.95. The number of halogens is 1. The van der Waals surface area contributed by atoms with Crippen LogP contribution < -0.4 is 11.1 Å². The third-order valence-electron chi connectivity index (χ3n) is 3.70. The number of carbonyl (C=O) groups is 2. The number of benzene rings is 2. The van der Waals surface area contributed by atoms with Crippen LogP contribution in [-0.4, -0.2) is 25.0 Å². The molecule has 0 aliphatic rings. The first kappa shape index (κ1) is 18.0. The van der Waals surface area contributed by atoms with E-state index >= 15 is 0 Å². The van der Waals surface area contributed by atoms with E-state index in [9.17, 15) is 9.59 Å². The van der Waals surface area contributed by atoms with Gasteiger partial charge in [0.1, 0.15) is 6.10 Å². The molecule has 2 aromatic carbocycles. The number of rotatable bonds is 6. The summed E-state index contributed by atoms with van der Waals surface area (Å²) >= 11 is 5.90. The van der Waals surface area contributed by atoms with Gasteiger partial charge in [-0.05, 0) is 48.9 Å². The molecular weight excluding hydrogens is 328 g/mol. The third kappa shape index (κ3) is 4.34. The van der Waals surface area contributed by atoms with Gasteiger partial charge < -0.3 is 15.8 Å². The van der Waals surface area contributed by atoms with Crippen LogP contribution in [0.4, 0.5) is 0 Å². The summed E-state index contributed by atoms with van der Waals surface area (Å²) in [5, 5.41) is 3.53. The number of carbonyl (C=O) groups excluding carboxylic acids is 2. The number of ether oxygens (including phenoxy) is 1. The maximum absolute atomic E-state index is 12.3. The number of nitrogens with one attached hydrogen (secondary N) is 1. The molecule has 2 amide bonds. The van der Waals surface area contributed by atoms with E-state index in [4.69, 9.17) is 22.1 Å². The average Bonchev–Trinajstić information content (AvgIpc) is 2.57. The average molecular weight is 347 g/mol. The quantitative estimate of drug-likeness (QED) is 0.843. The van der Waals surface area contributed by atoms with E-state index in [2.05, 4.69) is 5.32 Å². The SMILES string of the molecule is CO[C@H](c1ccc(Cl)cc1)[C@@H](C)NC(=O)c1ccc(C(N)=O)cc1. The molecule has 2 aromatic rings. The lowest BCUT2D eigenvalue weighted by atomic mass is 10.0. The Kier molecular flexibility index (Phi) is 5.95. The summed E-state index contributed by atoms with van der Waals surface area (Å²) in [5.74, 6) is -0.785. The van der Waals surface area contributed by atoms with E-state index in [0.29, 0.717) is 16.1 Å². The minimum absolute atomic E-state index is 0.255. The van der Waals surface area contributed by atoms with Crippen LogP contribution in [0.2, 0.25) is 5.02 Å². The van der Waals surface area contributed by atoms with Crippen molar-refractivity contribution in [3.63, 3.8) is 0 Å².